The molecule has 0 aromatic carbocycles. The fraction of sp³-hybridized carbons (Fsp3) is 0.0625. The molecule has 0 saturated carbocycles. The first-order valence-electron chi connectivity index (χ1n) is 7.04. The maximum absolute atomic E-state index is 11.6. The van der Waals surface area contributed by atoms with Gasteiger partial charge in [0.05, 0.1) is 16.3 Å². The van der Waals surface area contributed by atoms with Crippen LogP contribution >= 0.6 is 22.7 Å². The third-order valence-electron chi connectivity index (χ3n) is 3.52. The highest BCUT2D eigenvalue weighted by molar-refractivity contribution is 7.19. The predicted octanol–water partition coefficient (Wildman–Crippen LogP) is 3.28. The molecule has 0 spiro atoms. The van der Waals surface area contributed by atoms with Crippen LogP contribution in [0.3, 0.4) is 0 Å². The molecule has 24 heavy (non-hydrogen) atoms. The molecule has 6 nitrogen and oxygen atoms in total. The molecule has 0 atom stereocenters. The van der Waals surface area contributed by atoms with Gasteiger partial charge in [-0.25, -0.2) is 19.9 Å². The second-order valence-corrected chi connectivity index (χ2v) is 7.06. The Balaban J connectivity index is 1.93. The number of carbonyl (C=O) groups is 1. The molecule has 4 aromatic heterocycles. The van der Waals surface area contributed by atoms with Gasteiger partial charge in [0, 0.05) is 28.0 Å². The topological polar surface area (TPSA) is 94.7 Å². The zero-order valence-electron chi connectivity index (χ0n) is 12.6. The summed E-state index contributed by atoms with van der Waals surface area (Å²) in [5, 5.41) is 3.79. The molecule has 0 aliphatic heterocycles. The first-order valence-corrected chi connectivity index (χ1v) is 8.74. The minimum absolute atomic E-state index is 0.261. The van der Waals surface area contributed by atoms with Gasteiger partial charge in [0.2, 0.25) is 0 Å². The Morgan fingerprint density at radius 2 is 2.00 bits per heavy atom. The molecule has 0 fully saturated rings. The van der Waals surface area contributed by atoms with E-state index in [4.69, 9.17) is 5.73 Å². The van der Waals surface area contributed by atoms with Crippen molar-refractivity contribution >= 4 is 38.7 Å². The van der Waals surface area contributed by atoms with Crippen LogP contribution in [0.4, 0.5) is 0 Å². The first-order chi connectivity index (χ1) is 11.6. The van der Waals surface area contributed by atoms with E-state index in [1.807, 2.05) is 18.4 Å². The Morgan fingerprint density at radius 1 is 1.21 bits per heavy atom. The van der Waals surface area contributed by atoms with Crippen molar-refractivity contribution in [1.29, 1.82) is 0 Å². The van der Waals surface area contributed by atoms with Crippen LogP contribution < -0.4 is 5.73 Å². The number of primary amides is 1. The van der Waals surface area contributed by atoms with Crippen molar-refractivity contribution in [2.75, 3.05) is 0 Å². The smallest absolute Gasteiger partial charge is 0.267 e. The Hall–Kier alpha value is -2.71. The Labute approximate surface area is 145 Å². The van der Waals surface area contributed by atoms with Crippen LogP contribution in [0, 0.1) is 6.92 Å². The zero-order chi connectivity index (χ0) is 16.7. The van der Waals surface area contributed by atoms with Crippen LogP contribution in [0.2, 0.25) is 0 Å². The minimum atomic E-state index is -0.537. The molecule has 4 rings (SSSR count). The minimum Gasteiger partial charge on any atom is -0.364 e. The average molecular weight is 353 g/mol. The third kappa shape index (κ3) is 2.45. The van der Waals surface area contributed by atoms with E-state index in [1.54, 1.807) is 29.8 Å². The van der Waals surface area contributed by atoms with E-state index in [9.17, 15) is 4.79 Å². The number of amides is 1. The number of pyridine rings is 1. The van der Waals surface area contributed by atoms with E-state index in [1.165, 1.54) is 17.7 Å². The third-order valence-corrected chi connectivity index (χ3v) is 5.60. The molecule has 1 amide bonds. The fourth-order valence-corrected chi connectivity index (χ4v) is 4.28. The average Bonchev–Trinajstić information content (AvgIpc) is 3.21. The lowest BCUT2D eigenvalue weighted by atomic mass is 10.1. The van der Waals surface area contributed by atoms with Gasteiger partial charge in [0.15, 0.2) is 0 Å². The fourth-order valence-electron chi connectivity index (χ4n) is 2.41. The molecule has 8 heteroatoms. The van der Waals surface area contributed by atoms with Crippen LogP contribution in [0.25, 0.3) is 31.2 Å². The molecule has 0 unspecified atom stereocenters. The number of rotatable bonds is 3. The molecule has 4 aromatic rings. The van der Waals surface area contributed by atoms with E-state index in [0.29, 0.717) is 0 Å². The van der Waals surface area contributed by atoms with Crippen molar-refractivity contribution in [3.8, 4) is 21.1 Å². The van der Waals surface area contributed by atoms with Crippen molar-refractivity contribution < 1.29 is 4.79 Å². The normalized spacial score (nSPS) is 11.0. The number of aryl methyl sites for hydroxylation is 1. The lowest BCUT2D eigenvalue weighted by molar-refractivity contribution is 0.0996. The van der Waals surface area contributed by atoms with Gasteiger partial charge in [-0.15, -0.1) is 22.7 Å². The van der Waals surface area contributed by atoms with Crippen molar-refractivity contribution in [3.05, 3.63) is 47.6 Å². The molecule has 0 aliphatic rings. The number of carbonyl (C=O) groups excluding carboxylic acids is 1. The summed E-state index contributed by atoms with van der Waals surface area (Å²) in [6.07, 6.45) is 4.93. The van der Waals surface area contributed by atoms with Crippen LogP contribution in [0.15, 0.2) is 36.2 Å². The molecule has 0 aliphatic carbocycles. The van der Waals surface area contributed by atoms with Crippen molar-refractivity contribution in [1.82, 2.24) is 19.9 Å². The molecule has 0 radical (unpaired) electrons. The summed E-state index contributed by atoms with van der Waals surface area (Å²) in [7, 11) is 0. The largest absolute Gasteiger partial charge is 0.364 e. The summed E-state index contributed by atoms with van der Waals surface area (Å²) in [6.45, 7) is 1.93. The zero-order valence-corrected chi connectivity index (χ0v) is 14.2. The maximum Gasteiger partial charge on any atom is 0.267 e. The molecule has 2 N–H and O–H groups in total. The van der Waals surface area contributed by atoms with Gasteiger partial charge in [-0.3, -0.25) is 4.79 Å². The molecule has 118 valence electrons. The van der Waals surface area contributed by atoms with Crippen molar-refractivity contribution in [3.63, 3.8) is 0 Å². The molecular formula is C16H11N5OS2. The molecule has 0 saturated heterocycles. The van der Waals surface area contributed by atoms with Gasteiger partial charge < -0.3 is 5.73 Å². The monoisotopic (exact) mass is 353 g/mol. The lowest BCUT2D eigenvalue weighted by Gasteiger charge is -2.03. The quantitative estimate of drug-likeness (QED) is 0.610. The highest BCUT2D eigenvalue weighted by Crippen LogP contribution is 2.38. The Bertz CT molecular complexity index is 1050. The summed E-state index contributed by atoms with van der Waals surface area (Å²) in [5.74, 6) is -0.537. The van der Waals surface area contributed by atoms with E-state index in [2.05, 4.69) is 19.9 Å². The molecule has 4 heterocycles. The van der Waals surface area contributed by atoms with E-state index in [0.717, 1.165) is 36.9 Å². The highest BCUT2D eigenvalue weighted by Gasteiger charge is 2.18. The van der Waals surface area contributed by atoms with E-state index in [-0.39, 0.29) is 5.69 Å². The van der Waals surface area contributed by atoms with Gasteiger partial charge in [-0.2, -0.15) is 0 Å². The first kappa shape index (κ1) is 14.9. The van der Waals surface area contributed by atoms with Crippen molar-refractivity contribution in [2.24, 2.45) is 5.73 Å². The van der Waals surface area contributed by atoms with Gasteiger partial charge in [0.1, 0.15) is 17.0 Å². The van der Waals surface area contributed by atoms with Gasteiger partial charge >= 0.3 is 0 Å². The van der Waals surface area contributed by atoms with Gasteiger partial charge in [0.25, 0.3) is 5.91 Å². The summed E-state index contributed by atoms with van der Waals surface area (Å²) < 4.78 is 0.978. The maximum atomic E-state index is 11.6. The number of aromatic nitrogens is 4. The van der Waals surface area contributed by atoms with Crippen LogP contribution in [0.1, 0.15) is 16.2 Å². The lowest BCUT2D eigenvalue weighted by Crippen LogP contribution is -2.13. The van der Waals surface area contributed by atoms with Crippen LogP contribution in [-0.2, 0) is 0 Å². The second kappa shape index (κ2) is 5.73. The number of nitrogens with two attached hydrogens (primary N) is 1. The van der Waals surface area contributed by atoms with Gasteiger partial charge in [-0.1, -0.05) is 0 Å². The van der Waals surface area contributed by atoms with Crippen molar-refractivity contribution in [2.45, 2.75) is 6.92 Å². The van der Waals surface area contributed by atoms with Crippen LogP contribution in [0.5, 0.6) is 0 Å². The number of hydrogen-bond acceptors (Lipinski definition) is 7. The standard InChI is InChI=1S/C16H11N5OS2/c1-8-14(24-16(20-8)9-5-18-7-19-6-9)13-10-2-3-23-12(10)4-11(21-13)15(17)22/h2-7H,1H3,(H2,17,22). The number of hydrogen-bond donors (Lipinski definition) is 1. The van der Waals surface area contributed by atoms with Gasteiger partial charge in [-0.05, 0) is 24.4 Å². The number of nitrogens with zero attached hydrogens (tertiary/aromatic N) is 4. The Morgan fingerprint density at radius 3 is 2.75 bits per heavy atom. The van der Waals surface area contributed by atoms with E-state index < -0.39 is 5.91 Å². The molecule has 0 bridgehead atoms. The molecular weight excluding hydrogens is 342 g/mol. The summed E-state index contributed by atoms with van der Waals surface area (Å²) in [6, 6.07) is 3.73. The number of thiophene rings is 1. The highest BCUT2D eigenvalue weighted by atomic mass is 32.1. The predicted molar refractivity (Wildman–Crippen MR) is 95.0 cm³/mol. The second-order valence-electron chi connectivity index (χ2n) is 5.11. The summed E-state index contributed by atoms with van der Waals surface area (Å²) in [5.41, 5.74) is 8.13. The number of thiazole rings is 1. The van der Waals surface area contributed by atoms with E-state index >= 15 is 0 Å². The SMILES string of the molecule is Cc1nc(-c2cncnc2)sc1-c1nc(C(N)=O)cc2sccc12. The Kier molecular flexibility index (Phi) is 3.55. The number of fused-ring (bicyclic) bond motifs is 1. The summed E-state index contributed by atoms with van der Waals surface area (Å²) >= 11 is 3.06. The summed E-state index contributed by atoms with van der Waals surface area (Å²) in [4.78, 5) is 29.7. The van der Waals surface area contributed by atoms with Crippen LogP contribution in [-0.4, -0.2) is 25.8 Å².